The minimum Gasteiger partial charge on any atom is -0.207 e. The molecule has 3 nitrogen and oxygen atoms in total. The predicted molar refractivity (Wildman–Crippen MR) is 91.0 cm³/mol. The third-order valence-corrected chi connectivity index (χ3v) is 6.94. The third kappa shape index (κ3) is 4.70. The summed E-state index contributed by atoms with van der Waals surface area (Å²) in [5.74, 6) is 0.618. The van der Waals surface area contributed by atoms with E-state index in [0.717, 1.165) is 29.3 Å². The Hall–Kier alpha value is 0.380. The molecule has 0 spiro atoms. The lowest BCUT2D eigenvalue weighted by Crippen LogP contribution is -2.28. The van der Waals surface area contributed by atoms with E-state index in [1.54, 1.807) is 19.2 Å². The van der Waals surface area contributed by atoms with Crippen molar-refractivity contribution in [2.75, 3.05) is 19.5 Å². The summed E-state index contributed by atoms with van der Waals surface area (Å²) in [6.45, 7) is 2.41. The minimum absolute atomic E-state index is 0.287. The van der Waals surface area contributed by atoms with Crippen LogP contribution in [0.1, 0.15) is 24.8 Å². The van der Waals surface area contributed by atoms with Gasteiger partial charge in [0.05, 0.1) is 4.90 Å². The van der Waals surface area contributed by atoms with E-state index in [2.05, 4.69) is 31.9 Å². The van der Waals surface area contributed by atoms with Gasteiger partial charge in [0.1, 0.15) is 0 Å². The molecule has 0 N–H and O–H groups in total. The highest BCUT2D eigenvalue weighted by Crippen LogP contribution is 2.30. The lowest BCUT2D eigenvalue weighted by atomic mass is 10.2. The monoisotopic (exact) mass is 445 g/mol. The molecular formula is C13H18Br2ClNO2S. The van der Waals surface area contributed by atoms with Crippen molar-refractivity contribution in [2.24, 2.45) is 0 Å². The third-order valence-electron chi connectivity index (χ3n) is 3.01. The highest BCUT2D eigenvalue weighted by Gasteiger charge is 2.23. The zero-order valence-electron chi connectivity index (χ0n) is 11.5. The van der Waals surface area contributed by atoms with E-state index in [0.29, 0.717) is 16.9 Å². The number of benzene rings is 1. The molecule has 0 amide bonds. The maximum absolute atomic E-state index is 12.5. The van der Waals surface area contributed by atoms with Crippen LogP contribution in [0.4, 0.5) is 0 Å². The average molecular weight is 448 g/mol. The van der Waals surface area contributed by atoms with E-state index in [1.807, 2.05) is 6.92 Å². The molecule has 0 bridgehead atoms. The average Bonchev–Trinajstić information content (AvgIpc) is 2.38. The summed E-state index contributed by atoms with van der Waals surface area (Å²) in [7, 11) is -1.87. The van der Waals surface area contributed by atoms with Crippen molar-refractivity contribution in [3.05, 3.63) is 26.6 Å². The first-order valence-corrected chi connectivity index (χ1v) is 9.84. The van der Waals surface area contributed by atoms with Crippen LogP contribution in [-0.4, -0.2) is 32.2 Å². The number of hydrogen-bond donors (Lipinski definition) is 0. The summed E-state index contributed by atoms with van der Waals surface area (Å²) in [5.41, 5.74) is 0.987. The molecule has 0 heterocycles. The molecule has 0 saturated heterocycles. The van der Waals surface area contributed by atoms with Crippen molar-refractivity contribution in [2.45, 2.75) is 31.1 Å². The second kappa shape index (κ2) is 8.13. The molecule has 0 atom stereocenters. The summed E-state index contributed by atoms with van der Waals surface area (Å²) in [6, 6.07) is 3.45. The van der Waals surface area contributed by atoms with Crippen molar-refractivity contribution in [1.29, 1.82) is 0 Å². The molecule has 0 aliphatic carbocycles. The Morgan fingerprint density at radius 2 is 1.80 bits per heavy atom. The van der Waals surface area contributed by atoms with Crippen LogP contribution < -0.4 is 0 Å². The number of alkyl halides is 1. The number of rotatable bonds is 7. The Balaban J connectivity index is 2.90. The van der Waals surface area contributed by atoms with Crippen LogP contribution in [0, 0.1) is 6.92 Å². The predicted octanol–water partition coefficient (Wildman–Crippen LogP) is 4.55. The fraction of sp³-hybridized carbons (Fsp3) is 0.538. The van der Waals surface area contributed by atoms with Crippen LogP contribution in [-0.2, 0) is 10.0 Å². The Morgan fingerprint density at radius 3 is 2.40 bits per heavy atom. The zero-order chi connectivity index (χ0) is 15.3. The van der Waals surface area contributed by atoms with Gasteiger partial charge in [-0.05, 0) is 53.4 Å². The highest BCUT2D eigenvalue weighted by atomic mass is 79.9. The molecule has 7 heteroatoms. The molecule has 0 aliphatic heterocycles. The summed E-state index contributed by atoms with van der Waals surface area (Å²) in [4.78, 5) is 0.287. The molecular weight excluding hydrogens is 429 g/mol. The van der Waals surface area contributed by atoms with Crippen molar-refractivity contribution in [3.63, 3.8) is 0 Å². The van der Waals surface area contributed by atoms with Crippen LogP contribution >= 0.6 is 43.5 Å². The van der Waals surface area contributed by atoms with E-state index in [9.17, 15) is 8.42 Å². The van der Waals surface area contributed by atoms with E-state index in [4.69, 9.17) is 11.6 Å². The Morgan fingerprint density at radius 1 is 1.15 bits per heavy atom. The molecule has 1 aromatic carbocycles. The fourth-order valence-corrected chi connectivity index (χ4v) is 4.75. The van der Waals surface area contributed by atoms with Gasteiger partial charge in [-0.2, -0.15) is 0 Å². The van der Waals surface area contributed by atoms with Crippen LogP contribution in [0.25, 0.3) is 0 Å². The van der Waals surface area contributed by atoms with Crippen molar-refractivity contribution < 1.29 is 8.42 Å². The molecule has 20 heavy (non-hydrogen) atoms. The van der Waals surface area contributed by atoms with E-state index in [-0.39, 0.29) is 4.90 Å². The quantitative estimate of drug-likeness (QED) is 0.454. The van der Waals surface area contributed by atoms with E-state index < -0.39 is 10.0 Å². The lowest BCUT2D eigenvalue weighted by molar-refractivity contribution is 0.454. The molecule has 0 unspecified atom stereocenters. The summed E-state index contributed by atoms with van der Waals surface area (Å²) in [5, 5.41) is 0. The maximum Gasteiger partial charge on any atom is 0.243 e. The molecule has 0 aromatic heterocycles. The van der Waals surface area contributed by atoms with Gasteiger partial charge in [0.2, 0.25) is 10.0 Å². The summed E-state index contributed by atoms with van der Waals surface area (Å²) >= 11 is 12.3. The van der Waals surface area contributed by atoms with Gasteiger partial charge in [-0.15, -0.1) is 11.6 Å². The molecule has 0 aliphatic rings. The van der Waals surface area contributed by atoms with E-state index >= 15 is 0 Å². The largest absolute Gasteiger partial charge is 0.243 e. The highest BCUT2D eigenvalue weighted by molar-refractivity contribution is 9.11. The minimum atomic E-state index is -3.47. The molecule has 0 fully saturated rings. The Labute approximate surface area is 143 Å². The second-order valence-corrected chi connectivity index (χ2v) is 8.71. The van der Waals surface area contributed by atoms with Gasteiger partial charge in [-0.1, -0.05) is 22.4 Å². The fourth-order valence-electron chi connectivity index (χ4n) is 1.72. The number of sulfonamides is 1. The van der Waals surface area contributed by atoms with E-state index in [1.165, 1.54) is 4.31 Å². The molecule has 0 radical (unpaired) electrons. The summed E-state index contributed by atoms with van der Waals surface area (Å²) in [6.07, 6.45) is 2.66. The van der Waals surface area contributed by atoms with Gasteiger partial charge >= 0.3 is 0 Å². The normalized spacial score (nSPS) is 12.1. The topological polar surface area (TPSA) is 37.4 Å². The smallest absolute Gasteiger partial charge is 0.207 e. The molecule has 114 valence electrons. The van der Waals surface area contributed by atoms with Crippen LogP contribution in [0.3, 0.4) is 0 Å². The molecule has 1 rings (SSSR count). The first-order chi connectivity index (χ1) is 9.30. The number of unbranched alkanes of at least 4 members (excludes halogenated alkanes) is 2. The van der Waals surface area contributed by atoms with Crippen LogP contribution in [0.15, 0.2) is 26.0 Å². The van der Waals surface area contributed by atoms with Crippen LogP contribution in [0.2, 0.25) is 0 Å². The van der Waals surface area contributed by atoms with Gasteiger partial charge in [0.25, 0.3) is 0 Å². The lowest BCUT2D eigenvalue weighted by Gasteiger charge is -2.18. The van der Waals surface area contributed by atoms with Crippen molar-refractivity contribution in [3.8, 4) is 0 Å². The van der Waals surface area contributed by atoms with Gasteiger partial charge in [-0.25, -0.2) is 12.7 Å². The van der Waals surface area contributed by atoms with Gasteiger partial charge in [0, 0.05) is 28.4 Å². The first kappa shape index (κ1) is 18.4. The Kier molecular flexibility index (Phi) is 7.49. The molecule has 0 saturated carbocycles. The SMILES string of the molecule is Cc1cc(Br)c(S(=O)(=O)N(C)CCCCCCl)cc1Br. The first-order valence-electron chi connectivity index (χ1n) is 6.28. The number of hydrogen-bond acceptors (Lipinski definition) is 2. The van der Waals surface area contributed by atoms with Gasteiger partial charge < -0.3 is 0 Å². The van der Waals surface area contributed by atoms with Crippen molar-refractivity contribution >= 4 is 53.5 Å². The van der Waals surface area contributed by atoms with Crippen LogP contribution in [0.5, 0.6) is 0 Å². The Bertz CT molecular complexity index is 564. The molecule has 1 aromatic rings. The standard InChI is InChI=1S/C13H18Br2ClNO2S/c1-10-8-12(15)13(9-11(10)14)20(18,19)17(2)7-5-3-4-6-16/h8-9H,3-7H2,1-2H3. The zero-order valence-corrected chi connectivity index (χ0v) is 16.2. The van der Waals surface area contributed by atoms with Crippen molar-refractivity contribution in [1.82, 2.24) is 4.31 Å². The number of aryl methyl sites for hydroxylation is 1. The summed E-state index contributed by atoms with van der Waals surface area (Å²) < 4.78 is 27.8. The number of halogens is 3. The maximum atomic E-state index is 12.5. The number of nitrogens with zero attached hydrogens (tertiary/aromatic N) is 1. The van der Waals surface area contributed by atoms with Gasteiger partial charge in [0.15, 0.2) is 0 Å². The second-order valence-electron chi connectivity index (χ2n) is 4.61. The van der Waals surface area contributed by atoms with Gasteiger partial charge in [-0.3, -0.25) is 0 Å².